The number of aromatic nitrogens is 1. The molecule has 5 fully saturated rings. The summed E-state index contributed by atoms with van der Waals surface area (Å²) in [6, 6.07) is 7.96. The molecule has 158 valence electrons. The van der Waals surface area contributed by atoms with Crippen LogP contribution in [0, 0.1) is 23.2 Å². The van der Waals surface area contributed by atoms with Crippen LogP contribution in [0.25, 0.3) is 10.9 Å². The van der Waals surface area contributed by atoms with Gasteiger partial charge in [-0.05, 0) is 62.3 Å². The van der Waals surface area contributed by atoms with Gasteiger partial charge in [0.05, 0.1) is 12.0 Å². The van der Waals surface area contributed by atoms with E-state index in [4.69, 9.17) is 0 Å². The van der Waals surface area contributed by atoms with Crippen molar-refractivity contribution in [2.45, 2.75) is 38.5 Å². The Morgan fingerprint density at radius 1 is 0.933 bits per heavy atom. The van der Waals surface area contributed by atoms with E-state index in [1.165, 1.54) is 19.3 Å². The summed E-state index contributed by atoms with van der Waals surface area (Å²) in [6.45, 7) is 3.56. The maximum atomic E-state index is 13.6. The molecule has 5 nitrogen and oxygen atoms in total. The van der Waals surface area contributed by atoms with Crippen molar-refractivity contribution in [3.8, 4) is 0 Å². The minimum atomic E-state index is -0.0449. The Labute approximate surface area is 177 Å². The zero-order chi connectivity index (χ0) is 20.3. The number of nitrogens with one attached hydrogen (secondary N) is 1. The van der Waals surface area contributed by atoms with Gasteiger partial charge in [0.2, 0.25) is 5.91 Å². The van der Waals surface area contributed by atoms with Crippen LogP contribution in [-0.2, 0) is 4.79 Å². The Bertz CT molecular complexity index is 950. The summed E-state index contributed by atoms with van der Waals surface area (Å²) < 4.78 is 0. The Morgan fingerprint density at radius 2 is 1.57 bits per heavy atom. The maximum Gasteiger partial charge on any atom is 0.228 e. The van der Waals surface area contributed by atoms with Crippen LogP contribution < -0.4 is 0 Å². The highest BCUT2D eigenvalue weighted by atomic mass is 16.2. The normalized spacial score (nSPS) is 33.3. The summed E-state index contributed by atoms with van der Waals surface area (Å²) in [6.07, 6.45) is 9.36. The number of benzene rings is 1. The van der Waals surface area contributed by atoms with E-state index in [9.17, 15) is 9.59 Å². The van der Waals surface area contributed by atoms with Crippen LogP contribution in [0.1, 0.15) is 48.9 Å². The number of ketones is 1. The Morgan fingerprint density at radius 3 is 2.23 bits per heavy atom. The first-order valence-corrected chi connectivity index (χ1v) is 11.7. The number of H-pyrrole nitrogens is 1. The van der Waals surface area contributed by atoms with Gasteiger partial charge in [0, 0.05) is 48.8 Å². The van der Waals surface area contributed by atoms with Crippen molar-refractivity contribution in [2.75, 3.05) is 32.7 Å². The first kappa shape index (κ1) is 18.6. The van der Waals surface area contributed by atoms with Crippen LogP contribution in [0.15, 0.2) is 30.5 Å². The lowest BCUT2D eigenvalue weighted by atomic mass is 9.49. The van der Waals surface area contributed by atoms with Crippen LogP contribution in [0.2, 0.25) is 0 Å². The number of nitrogens with zero attached hydrogens (tertiary/aromatic N) is 2. The molecule has 1 aromatic heterocycles. The van der Waals surface area contributed by atoms with Crippen molar-refractivity contribution in [3.63, 3.8) is 0 Å². The number of carbonyl (C=O) groups is 2. The fourth-order valence-corrected chi connectivity index (χ4v) is 7.41. The number of Topliss-reactive ketones (excluding diaryl/α,β-unsaturated/α-hetero) is 1. The highest BCUT2D eigenvalue weighted by Gasteiger charge is 2.55. The van der Waals surface area contributed by atoms with Gasteiger partial charge in [-0.1, -0.05) is 18.2 Å². The van der Waals surface area contributed by atoms with Gasteiger partial charge in [0.25, 0.3) is 0 Å². The fourth-order valence-electron chi connectivity index (χ4n) is 7.41. The first-order valence-electron chi connectivity index (χ1n) is 11.7. The smallest absolute Gasteiger partial charge is 0.228 e. The number of para-hydroxylation sites is 1. The summed E-state index contributed by atoms with van der Waals surface area (Å²) in [5.41, 5.74) is 1.74. The van der Waals surface area contributed by atoms with Gasteiger partial charge < -0.3 is 9.88 Å². The second-order valence-corrected chi connectivity index (χ2v) is 10.4. The van der Waals surface area contributed by atoms with Crippen LogP contribution >= 0.6 is 0 Å². The van der Waals surface area contributed by atoms with E-state index in [0.717, 1.165) is 79.7 Å². The zero-order valence-corrected chi connectivity index (χ0v) is 17.6. The van der Waals surface area contributed by atoms with E-state index in [-0.39, 0.29) is 11.2 Å². The second-order valence-electron chi connectivity index (χ2n) is 10.4. The summed E-state index contributed by atoms with van der Waals surface area (Å²) in [4.78, 5) is 34.0. The molecule has 2 aromatic rings. The molecule has 7 rings (SSSR count). The van der Waals surface area contributed by atoms with E-state index in [2.05, 4.69) is 14.8 Å². The first-order chi connectivity index (χ1) is 14.6. The molecule has 5 heteroatoms. The van der Waals surface area contributed by atoms with E-state index in [0.29, 0.717) is 12.5 Å². The van der Waals surface area contributed by atoms with Crippen molar-refractivity contribution >= 4 is 22.6 Å². The Kier molecular flexibility index (Phi) is 4.31. The molecule has 2 heterocycles. The van der Waals surface area contributed by atoms with Gasteiger partial charge in [-0.25, -0.2) is 0 Å². The number of aromatic amines is 1. The van der Waals surface area contributed by atoms with Crippen LogP contribution in [0.4, 0.5) is 0 Å². The molecule has 0 spiro atoms. The molecule has 5 aliphatic rings. The van der Waals surface area contributed by atoms with Crippen molar-refractivity contribution in [3.05, 3.63) is 36.0 Å². The van der Waals surface area contributed by atoms with Gasteiger partial charge in [0.15, 0.2) is 5.78 Å². The van der Waals surface area contributed by atoms with E-state index < -0.39 is 0 Å². The third-order valence-corrected chi connectivity index (χ3v) is 8.41. The number of hydrogen-bond donors (Lipinski definition) is 1. The van der Waals surface area contributed by atoms with Gasteiger partial charge in [0.1, 0.15) is 0 Å². The number of fused-ring (bicyclic) bond motifs is 1. The number of hydrogen-bond acceptors (Lipinski definition) is 3. The number of amides is 1. The predicted molar refractivity (Wildman–Crippen MR) is 116 cm³/mol. The average molecular weight is 406 g/mol. The second kappa shape index (κ2) is 6.94. The van der Waals surface area contributed by atoms with Gasteiger partial charge in [-0.2, -0.15) is 0 Å². The van der Waals surface area contributed by atoms with Crippen molar-refractivity contribution in [1.29, 1.82) is 0 Å². The predicted octanol–water partition coefficient (Wildman–Crippen LogP) is 3.71. The Hall–Kier alpha value is -2.14. The summed E-state index contributed by atoms with van der Waals surface area (Å²) in [5.74, 6) is 3.00. The molecule has 0 unspecified atom stereocenters. The quantitative estimate of drug-likeness (QED) is 0.789. The van der Waals surface area contributed by atoms with Crippen LogP contribution in [0.5, 0.6) is 0 Å². The van der Waals surface area contributed by atoms with Gasteiger partial charge in [-0.3, -0.25) is 14.5 Å². The topological polar surface area (TPSA) is 56.4 Å². The molecule has 1 saturated heterocycles. The molecule has 4 aliphatic carbocycles. The van der Waals surface area contributed by atoms with Gasteiger partial charge >= 0.3 is 0 Å². The molecule has 1 N–H and O–H groups in total. The van der Waals surface area contributed by atoms with Crippen molar-refractivity contribution in [1.82, 2.24) is 14.8 Å². The lowest BCUT2D eigenvalue weighted by Crippen LogP contribution is -2.58. The van der Waals surface area contributed by atoms with E-state index >= 15 is 0 Å². The highest BCUT2D eigenvalue weighted by molar-refractivity contribution is 6.08. The molecular weight excluding hydrogens is 374 g/mol. The third-order valence-electron chi connectivity index (χ3n) is 8.41. The zero-order valence-electron chi connectivity index (χ0n) is 17.6. The minimum absolute atomic E-state index is 0.0449. The standard InChI is InChI=1S/C25H31N3O2/c29-23(21-15-26-22-4-2-1-3-20(21)22)16-27-5-7-28(8-6-27)24(30)25-12-17-9-18(13-25)11-19(10-17)14-25/h1-4,15,17-19,26H,5-14,16H2. The highest BCUT2D eigenvalue weighted by Crippen LogP contribution is 2.60. The monoisotopic (exact) mass is 405 g/mol. The molecule has 4 saturated carbocycles. The van der Waals surface area contributed by atoms with Crippen LogP contribution in [-0.4, -0.2) is 59.2 Å². The lowest BCUT2D eigenvalue weighted by Gasteiger charge is -2.57. The minimum Gasteiger partial charge on any atom is -0.360 e. The summed E-state index contributed by atoms with van der Waals surface area (Å²) >= 11 is 0. The number of piperazine rings is 1. The largest absolute Gasteiger partial charge is 0.360 e. The van der Waals surface area contributed by atoms with Crippen molar-refractivity contribution in [2.24, 2.45) is 23.2 Å². The molecular formula is C25H31N3O2. The number of carbonyl (C=O) groups excluding carboxylic acids is 2. The van der Waals surface area contributed by atoms with Crippen molar-refractivity contribution < 1.29 is 9.59 Å². The average Bonchev–Trinajstić information content (AvgIpc) is 3.17. The Balaban J connectivity index is 1.09. The number of rotatable bonds is 4. The third kappa shape index (κ3) is 3.01. The molecule has 1 amide bonds. The van der Waals surface area contributed by atoms with Crippen LogP contribution in [0.3, 0.4) is 0 Å². The van der Waals surface area contributed by atoms with E-state index in [1.807, 2.05) is 30.5 Å². The van der Waals surface area contributed by atoms with Gasteiger partial charge in [-0.15, -0.1) is 0 Å². The molecule has 30 heavy (non-hydrogen) atoms. The molecule has 1 aromatic carbocycles. The fraction of sp³-hybridized carbons (Fsp3) is 0.600. The van der Waals surface area contributed by atoms with E-state index in [1.54, 1.807) is 0 Å². The SMILES string of the molecule is O=C(CN1CCN(C(=O)C23CC4CC(CC(C4)C2)C3)CC1)c1c[nH]c2ccccc12. The molecule has 0 radical (unpaired) electrons. The lowest BCUT2D eigenvalue weighted by molar-refractivity contribution is -0.159. The molecule has 1 aliphatic heterocycles. The summed E-state index contributed by atoms with van der Waals surface area (Å²) in [5, 5.41) is 0.998. The molecule has 4 bridgehead atoms. The summed E-state index contributed by atoms with van der Waals surface area (Å²) in [7, 11) is 0. The molecule has 0 atom stereocenters. The maximum absolute atomic E-state index is 13.6.